The normalized spacial score (nSPS) is 20.4. The molecule has 1 unspecified atom stereocenters. The van der Waals surface area contributed by atoms with Gasteiger partial charge in [-0.1, -0.05) is 13.8 Å². The number of nitrogens with one attached hydrogen (secondary N) is 1. The summed E-state index contributed by atoms with van der Waals surface area (Å²) in [5, 5.41) is 2.72. The third-order valence-electron chi connectivity index (χ3n) is 2.64. The molecule has 1 N–H and O–H groups in total. The first kappa shape index (κ1) is 10.8. The van der Waals surface area contributed by atoms with Gasteiger partial charge in [-0.3, -0.25) is 4.90 Å². The molecule has 0 saturated carbocycles. The van der Waals surface area contributed by atoms with E-state index in [1.807, 2.05) is 13.8 Å². The minimum absolute atomic E-state index is 0.00167. The summed E-state index contributed by atoms with van der Waals surface area (Å²) in [6, 6.07) is 1.29. The Balaban J connectivity index is 2.33. The highest BCUT2D eigenvalue weighted by molar-refractivity contribution is 5.93. The maximum Gasteiger partial charge on any atom is 0.323 e. The first-order chi connectivity index (χ1) is 7.59. The first-order valence-electron chi connectivity index (χ1n) is 5.15. The molecule has 1 fully saturated rings. The first-order valence-corrected chi connectivity index (χ1v) is 5.15. The molecule has 1 aliphatic heterocycles. The van der Waals surface area contributed by atoms with Gasteiger partial charge in [0.15, 0.2) is 0 Å². The summed E-state index contributed by atoms with van der Waals surface area (Å²) in [4.78, 5) is 20.1. The fourth-order valence-electron chi connectivity index (χ4n) is 1.79. The van der Waals surface area contributed by atoms with Gasteiger partial charge < -0.3 is 5.32 Å². The van der Waals surface area contributed by atoms with Crippen molar-refractivity contribution in [2.24, 2.45) is 5.92 Å². The SMILES string of the molecule is CC(C)C1CNC(=O)N1c1ccnc(F)n1. The highest BCUT2D eigenvalue weighted by Crippen LogP contribution is 2.22. The minimum Gasteiger partial charge on any atom is -0.336 e. The van der Waals surface area contributed by atoms with Gasteiger partial charge >= 0.3 is 12.1 Å². The zero-order valence-electron chi connectivity index (χ0n) is 9.14. The quantitative estimate of drug-likeness (QED) is 0.767. The van der Waals surface area contributed by atoms with E-state index in [9.17, 15) is 9.18 Å². The number of hydrogen-bond donors (Lipinski definition) is 1. The zero-order chi connectivity index (χ0) is 11.7. The predicted octanol–water partition coefficient (Wildman–Crippen LogP) is 1.17. The largest absolute Gasteiger partial charge is 0.336 e. The molecule has 0 aromatic carbocycles. The van der Waals surface area contributed by atoms with Crippen LogP contribution in [0.15, 0.2) is 12.3 Å². The number of carbonyl (C=O) groups is 1. The second-order valence-electron chi connectivity index (χ2n) is 4.05. The van der Waals surface area contributed by atoms with Crippen LogP contribution in [0.5, 0.6) is 0 Å². The Bertz CT molecular complexity index is 410. The molecule has 86 valence electrons. The summed E-state index contributed by atoms with van der Waals surface area (Å²) < 4.78 is 12.9. The average Bonchev–Trinajstić information content (AvgIpc) is 2.60. The molecule has 0 bridgehead atoms. The van der Waals surface area contributed by atoms with Gasteiger partial charge in [-0.15, -0.1) is 0 Å². The summed E-state index contributed by atoms with van der Waals surface area (Å²) in [7, 11) is 0. The van der Waals surface area contributed by atoms with Crippen LogP contribution in [-0.4, -0.2) is 28.6 Å². The molecule has 1 aromatic rings. The molecule has 5 nitrogen and oxygen atoms in total. The number of hydrogen-bond acceptors (Lipinski definition) is 3. The minimum atomic E-state index is -0.820. The van der Waals surface area contributed by atoms with Crippen LogP contribution in [0, 0.1) is 12.0 Å². The molecular formula is C10H13FN4O. The van der Waals surface area contributed by atoms with Crippen molar-refractivity contribution in [3.8, 4) is 0 Å². The number of urea groups is 1. The van der Waals surface area contributed by atoms with Gasteiger partial charge in [-0.05, 0) is 12.0 Å². The molecular weight excluding hydrogens is 211 g/mol. The summed E-state index contributed by atoms with van der Waals surface area (Å²) in [5.74, 6) is 0.582. The van der Waals surface area contributed by atoms with Gasteiger partial charge in [0, 0.05) is 12.7 Å². The lowest BCUT2D eigenvalue weighted by Gasteiger charge is -2.24. The zero-order valence-corrected chi connectivity index (χ0v) is 9.14. The summed E-state index contributed by atoms with van der Waals surface area (Å²) in [6.45, 7) is 4.58. The van der Waals surface area contributed by atoms with Crippen LogP contribution in [0.2, 0.25) is 0 Å². The van der Waals surface area contributed by atoms with Crippen LogP contribution in [0.25, 0.3) is 0 Å². The van der Waals surface area contributed by atoms with Crippen LogP contribution >= 0.6 is 0 Å². The number of anilines is 1. The Labute approximate surface area is 92.7 Å². The molecule has 2 heterocycles. The molecule has 2 rings (SSSR count). The van der Waals surface area contributed by atoms with Crippen molar-refractivity contribution < 1.29 is 9.18 Å². The standard InChI is InChI=1S/C10H13FN4O/c1-6(2)7-5-13-10(16)15(7)8-3-4-12-9(11)14-8/h3-4,6-7H,5H2,1-2H3,(H,13,16). The molecule has 0 radical (unpaired) electrons. The molecule has 0 aliphatic carbocycles. The van der Waals surface area contributed by atoms with E-state index in [1.54, 1.807) is 0 Å². The smallest absolute Gasteiger partial charge is 0.323 e. The highest BCUT2D eigenvalue weighted by Gasteiger charge is 2.34. The highest BCUT2D eigenvalue weighted by atomic mass is 19.1. The molecule has 1 aromatic heterocycles. The number of amides is 2. The fourth-order valence-corrected chi connectivity index (χ4v) is 1.79. The lowest BCUT2D eigenvalue weighted by atomic mass is 10.0. The summed E-state index contributed by atoms with van der Waals surface area (Å²) in [5.41, 5.74) is 0. The molecule has 1 saturated heterocycles. The second-order valence-corrected chi connectivity index (χ2v) is 4.05. The van der Waals surface area contributed by atoms with E-state index in [4.69, 9.17) is 0 Å². The average molecular weight is 224 g/mol. The molecule has 2 amide bonds. The molecule has 16 heavy (non-hydrogen) atoms. The van der Waals surface area contributed by atoms with E-state index in [0.29, 0.717) is 12.4 Å². The van der Waals surface area contributed by atoms with Gasteiger partial charge in [0.2, 0.25) is 0 Å². The summed E-state index contributed by atoms with van der Waals surface area (Å²) in [6.07, 6.45) is 0.486. The van der Waals surface area contributed by atoms with E-state index in [-0.39, 0.29) is 18.0 Å². The van der Waals surface area contributed by atoms with Crippen molar-refractivity contribution in [1.29, 1.82) is 0 Å². The number of carbonyl (C=O) groups excluding carboxylic acids is 1. The summed E-state index contributed by atoms with van der Waals surface area (Å²) >= 11 is 0. The molecule has 0 spiro atoms. The topological polar surface area (TPSA) is 58.1 Å². The Hall–Kier alpha value is -1.72. The maximum absolute atomic E-state index is 12.9. The van der Waals surface area contributed by atoms with E-state index in [2.05, 4.69) is 15.3 Å². The van der Waals surface area contributed by atoms with Gasteiger partial charge in [0.05, 0.1) is 6.04 Å². The van der Waals surface area contributed by atoms with Crippen molar-refractivity contribution in [2.45, 2.75) is 19.9 Å². The second kappa shape index (κ2) is 4.03. The van der Waals surface area contributed by atoms with Crippen LogP contribution in [-0.2, 0) is 0 Å². The molecule has 1 atom stereocenters. The van der Waals surface area contributed by atoms with E-state index in [1.165, 1.54) is 17.2 Å². The maximum atomic E-state index is 12.9. The Morgan fingerprint density at radius 2 is 2.38 bits per heavy atom. The molecule has 1 aliphatic rings. The monoisotopic (exact) mass is 224 g/mol. The number of aromatic nitrogens is 2. The number of nitrogens with zero attached hydrogens (tertiary/aromatic N) is 3. The Morgan fingerprint density at radius 1 is 1.62 bits per heavy atom. The van der Waals surface area contributed by atoms with Crippen molar-refractivity contribution in [2.75, 3.05) is 11.4 Å². The number of rotatable bonds is 2. The van der Waals surface area contributed by atoms with Gasteiger partial charge in [-0.2, -0.15) is 9.37 Å². The van der Waals surface area contributed by atoms with E-state index >= 15 is 0 Å². The fraction of sp³-hybridized carbons (Fsp3) is 0.500. The lowest BCUT2D eigenvalue weighted by molar-refractivity contribution is 0.251. The lowest BCUT2D eigenvalue weighted by Crippen LogP contribution is -2.38. The third kappa shape index (κ3) is 1.82. The molecule has 6 heteroatoms. The predicted molar refractivity (Wildman–Crippen MR) is 56.5 cm³/mol. The van der Waals surface area contributed by atoms with Gasteiger partial charge in [0.1, 0.15) is 5.82 Å². The number of halogens is 1. The van der Waals surface area contributed by atoms with Gasteiger partial charge in [0.25, 0.3) is 0 Å². The van der Waals surface area contributed by atoms with Gasteiger partial charge in [-0.25, -0.2) is 9.78 Å². The van der Waals surface area contributed by atoms with Crippen molar-refractivity contribution in [3.05, 3.63) is 18.3 Å². The van der Waals surface area contributed by atoms with Crippen LogP contribution in [0.3, 0.4) is 0 Å². The van der Waals surface area contributed by atoms with Crippen molar-refractivity contribution in [1.82, 2.24) is 15.3 Å². The van der Waals surface area contributed by atoms with Crippen LogP contribution in [0.1, 0.15) is 13.8 Å². The van der Waals surface area contributed by atoms with Crippen molar-refractivity contribution >= 4 is 11.8 Å². The third-order valence-corrected chi connectivity index (χ3v) is 2.64. The Kier molecular flexibility index (Phi) is 2.72. The van der Waals surface area contributed by atoms with Crippen LogP contribution < -0.4 is 10.2 Å². The van der Waals surface area contributed by atoms with E-state index < -0.39 is 6.08 Å². The Morgan fingerprint density at radius 3 is 3.00 bits per heavy atom. The van der Waals surface area contributed by atoms with E-state index in [0.717, 1.165) is 0 Å². The van der Waals surface area contributed by atoms with Crippen molar-refractivity contribution in [3.63, 3.8) is 0 Å². The van der Waals surface area contributed by atoms with Crippen LogP contribution in [0.4, 0.5) is 15.0 Å².